The second-order valence-corrected chi connectivity index (χ2v) is 5.61. The third-order valence-corrected chi connectivity index (χ3v) is 3.66. The Bertz CT molecular complexity index is 596. The first-order chi connectivity index (χ1) is 11.1. The highest BCUT2D eigenvalue weighted by Gasteiger charge is 2.04. The lowest BCUT2D eigenvalue weighted by atomic mass is 10.1. The molecule has 0 aliphatic carbocycles. The zero-order valence-corrected chi connectivity index (χ0v) is 13.4. The third kappa shape index (κ3) is 6.22. The van der Waals surface area contributed by atoms with E-state index in [1.165, 1.54) is 5.56 Å². The van der Waals surface area contributed by atoms with Crippen LogP contribution in [0.25, 0.3) is 0 Å². The van der Waals surface area contributed by atoms with Crippen LogP contribution in [0.3, 0.4) is 0 Å². The summed E-state index contributed by atoms with van der Waals surface area (Å²) in [5, 5.41) is 12.3. The Morgan fingerprint density at radius 3 is 2.43 bits per heavy atom. The van der Waals surface area contributed by atoms with Crippen molar-refractivity contribution >= 4 is 5.97 Å². The van der Waals surface area contributed by atoms with Crippen LogP contribution in [0, 0.1) is 0 Å². The average molecular weight is 313 g/mol. The van der Waals surface area contributed by atoms with Crippen LogP contribution >= 0.6 is 0 Å². The fourth-order valence-electron chi connectivity index (χ4n) is 2.18. The Labute approximate surface area is 137 Å². The van der Waals surface area contributed by atoms with Crippen molar-refractivity contribution in [3.05, 3.63) is 71.3 Å². The van der Waals surface area contributed by atoms with E-state index in [1.807, 2.05) is 30.3 Å². The van der Waals surface area contributed by atoms with Gasteiger partial charge < -0.3 is 15.2 Å². The van der Waals surface area contributed by atoms with Gasteiger partial charge in [-0.3, -0.25) is 0 Å². The van der Waals surface area contributed by atoms with Gasteiger partial charge in [0.2, 0.25) is 0 Å². The van der Waals surface area contributed by atoms with Gasteiger partial charge in [0.25, 0.3) is 0 Å². The predicted octanol–water partition coefficient (Wildman–Crippen LogP) is 3.47. The number of hydrogen-bond acceptors (Lipinski definition) is 3. The quantitative estimate of drug-likeness (QED) is 0.696. The summed E-state index contributed by atoms with van der Waals surface area (Å²) < 4.78 is 5.68. The smallest absolute Gasteiger partial charge is 0.335 e. The molecule has 0 heterocycles. The number of benzene rings is 2. The molecule has 0 aromatic heterocycles. The summed E-state index contributed by atoms with van der Waals surface area (Å²) in [7, 11) is 0. The fourth-order valence-corrected chi connectivity index (χ4v) is 2.18. The average Bonchev–Trinajstić information content (AvgIpc) is 2.58. The van der Waals surface area contributed by atoms with Crippen LogP contribution in [-0.4, -0.2) is 23.7 Å². The Morgan fingerprint density at radius 1 is 1.09 bits per heavy atom. The molecule has 4 nitrogen and oxygen atoms in total. The zero-order chi connectivity index (χ0) is 16.5. The van der Waals surface area contributed by atoms with E-state index in [1.54, 1.807) is 12.1 Å². The minimum atomic E-state index is -0.895. The van der Waals surface area contributed by atoms with Gasteiger partial charge in [-0.05, 0) is 36.6 Å². The van der Waals surface area contributed by atoms with Gasteiger partial charge in [0.05, 0.1) is 12.2 Å². The molecule has 0 radical (unpaired) electrons. The second-order valence-electron chi connectivity index (χ2n) is 5.61. The molecular weight excluding hydrogens is 290 g/mol. The zero-order valence-electron chi connectivity index (χ0n) is 13.4. The number of aromatic carboxylic acids is 1. The summed E-state index contributed by atoms with van der Waals surface area (Å²) in [6.07, 6.45) is 0.931. The summed E-state index contributed by atoms with van der Waals surface area (Å²) >= 11 is 0. The minimum Gasteiger partial charge on any atom is -0.478 e. The maximum absolute atomic E-state index is 10.8. The lowest BCUT2D eigenvalue weighted by molar-refractivity contribution is 0.0697. The van der Waals surface area contributed by atoms with E-state index in [0.717, 1.165) is 18.5 Å². The van der Waals surface area contributed by atoms with Crippen LogP contribution in [0.2, 0.25) is 0 Å². The van der Waals surface area contributed by atoms with Crippen molar-refractivity contribution in [3.63, 3.8) is 0 Å². The first-order valence-corrected chi connectivity index (χ1v) is 7.82. The first-order valence-electron chi connectivity index (χ1n) is 7.82. The van der Waals surface area contributed by atoms with E-state index < -0.39 is 5.97 Å². The molecule has 0 aliphatic rings. The topological polar surface area (TPSA) is 58.6 Å². The molecule has 0 fully saturated rings. The van der Waals surface area contributed by atoms with Crippen molar-refractivity contribution in [1.82, 2.24) is 5.32 Å². The van der Waals surface area contributed by atoms with Gasteiger partial charge in [-0.25, -0.2) is 4.79 Å². The summed E-state index contributed by atoms with van der Waals surface area (Å²) in [6.45, 7) is 4.20. The van der Waals surface area contributed by atoms with E-state index in [0.29, 0.717) is 24.8 Å². The molecule has 23 heavy (non-hydrogen) atoms. The molecule has 0 saturated carbocycles. The summed E-state index contributed by atoms with van der Waals surface area (Å²) in [5.41, 5.74) is 2.58. The second kappa shape index (κ2) is 9.08. The van der Waals surface area contributed by atoms with Crippen LogP contribution in [0.15, 0.2) is 54.6 Å². The largest absolute Gasteiger partial charge is 0.478 e. The molecule has 122 valence electrons. The van der Waals surface area contributed by atoms with Crippen molar-refractivity contribution in [2.24, 2.45) is 0 Å². The first kappa shape index (κ1) is 17.2. The van der Waals surface area contributed by atoms with Crippen LogP contribution in [-0.2, 0) is 17.9 Å². The number of carboxylic acids is 1. The van der Waals surface area contributed by atoms with E-state index >= 15 is 0 Å². The van der Waals surface area contributed by atoms with E-state index in [2.05, 4.69) is 24.4 Å². The van der Waals surface area contributed by atoms with E-state index in [-0.39, 0.29) is 0 Å². The Hall–Kier alpha value is -2.17. The fraction of sp³-hybridized carbons (Fsp3) is 0.316. The Morgan fingerprint density at radius 2 is 1.78 bits per heavy atom. The normalized spacial score (nSPS) is 12.0. The highest BCUT2D eigenvalue weighted by Crippen LogP contribution is 2.06. The lowest BCUT2D eigenvalue weighted by Gasteiger charge is -2.14. The van der Waals surface area contributed by atoms with Crippen LogP contribution in [0.4, 0.5) is 0 Å². The van der Waals surface area contributed by atoms with Gasteiger partial charge in [-0.2, -0.15) is 0 Å². The maximum Gasteiger partial charge on any atom is 0.335 e. The molecule has 1 atom stereocenters. The highest BCUT2D eigenvalue weighted by molar-refractivity contribution is 5.87. The molecule has 2 N–H and O–H groups in total. The van der Waals surface area contributed by atoms with Gasteiger partial charge in [0.1, 0.15) is 0 Å². The van der Waals surface area contributed by atoms with Crippen molar-refractivity contribution in [3.8, 4) is 0 Å². The number of nitrogens with one attached hydrogen (secondary N) is 1. The SMILES string of the molecule is CC(CCOCc1ccccc1)NCc1ccc(C(=O)O)cc1. The van der Waals surface area contributed by atoms with Gasteiger partial charge in [-0.15, -0.1) is 0 Å². The van der Waals surface area contributed by atoms with E-state index in [4.69, 9.17) is 9.84 Å². The van der Waals surface area contributed by atoms with Crippen LogP contribution in [0.1, 0.15) is 34.8 Å². The number of carboxylic acid groups (broad SMARTS) is 1. The molecule has 0 aliphatic heterocycles. The Balaban J connectivity index is 1.63. The number of rotatable bonds is 9. The molecule has 2 rings (SSSR count). The van der Waals surface area contributed by atoms with Gasteiger partial charge in [0, 0.05) is 19.2 Å². The number of hydrogen-bond donors (Lipinski definition) is 2. The standard InChI is InChI=1S/C19H23NO3/c1-15(11-12-23-14-17-5-3-2-4-6-17)20-13-16-7-9-18(10-8-16)19(21)22/h2-10,15,20H,11-14H2,1H3,(H,21,22). The molecule has 1 unspecified atom stereocenters. The summed E-state index contributed by atoms with van der Waals surface area (Å²) in [4.78, 5) is 10.8. The van der Waals surface area contributed by atoms with Crippen molar-refractivity contribution in [2.75, 3.05) is 6.61 Å². The minimum absolute atomic E-state index is 0.316. The molecule has 0 amide bonds. The number of carbonyl (C=O) groups is 1. The molecular formula is C19H23NO3. The van der Waals surface area contributed by atoms with Crippen LogP contribution < -0.4 is 5.32 Å². The maximum atomic E-state index is 10.8. The van der Waals surface area contributed by atoms with Crippen molar-refractivity contribution in [2.45, 2.75) is 32.5 Å². The highest BCUT2D eigenvalue weighted by atomic mass is 16.5. The molecule has 0 spiro atoms. The molecule has 0 saturated heterocycles. The lowest BCUT2D eigenvalue weighted by Crippen LogP contribution is -2.26. The van der Waals surface area contributed by atoms with Gasteiger partial charge >= 0.3 is 5.97 Å². The third-order valence-electron chi connectivity index (χ3n) is 3.66. The van der Waals surface area contributed by atoms with Gasteiger partial charge in [0.15, 0.2) is 0 Å². The predicted molar refractivity (Wildman–Crippen MR) is 90.4 cm³/mol. The van der Waals surface area contributed by atoms with Crippen LogP contribution in [0.5, 0.6) is 0 Å². The summed E-state index contributed by atoms with van der Waals surface area (Å²) in [6, 6.07) is 17.4. The molecule has 4 heteroatoms. The number of ether oxygens (including phenoxy) is 1. The molecule has 2 aromatic rings. The molecule has 0 bridgehead atoms. The van der Waals surface area contributed by atoms with E-state index in [9.17, 15) is 4.79 Å². The van der Waals surface area contributed by atoms with Crippen molar-refractivity contribution < 1.29 is 14.6 Å². The van der Waals surface area contributed by atoms with Crippen molar-refractivity contribution in [1.29, 1.82) is 0 Å². The molecule has 2 aromatic carbocycles. The summed E-state index contributed by atoms with van der Waals surface area (Å²) in [5.74, 6) is -0.895. The van der Waals surface area contributed by atoms with Gasteiger partial charge in [-0.1, -0.05) is 42.5 Å². The Kier molecular flexibility index (Phi) is 6.78. The monoisotopic (exact) mass is 313 g/mol.